The van der Waals surface area contributed by atoms with Crippen molar-refractivity contribution in [2.24, 2.45) is 0 Å². The molecule has 36 heavy (non-hydrogen) atoms. The van der Waals surface area contributed by atoms with Crippen LogP contribution >= 0.6 is 11.6 Å². The molecule has 4 rings (SSSR count). The van der Waals surface area contributed by atoms with Gasteiger partial charge in [-0.25, -0.2) is 19.6 Å². The lowest BCUT2D eigenvalue weighted by molar-refractivity contribution is -0.134. The zero-order valence-electron chi connectivity index (χ0n) is 19.8. The van der Waals surface area contributed by atoms with Gasteiger partial charge < -0.3 is 19.8 Å². The van der Waals surface area contributed by atoms with Crippen molar-refractivity contribution < 1.29 is 24.5 Å². The molecule has 0 amide bonds. The van der Waals surface area contributed by atoms with Gasteiger partial charge in [0.15, 0.2) is 0 Å². The molecule has 0 unspecified atom stereocenters. The summed E-state index contributed by atoms with van der Waals surface area (Å²) in [4.78, 5) is 30.2. The van der Waals surface area contributed by atoms with Crippen LogP contribution in [0.15, 0.2) is 55.0 Å². The second kappa shape index (κ2) is 13.5. The zero-order valence-corrected chi connectivity index (χ0v) is 20.6. The third-order valence-corrected chi connectivity index (χ3v) is 5.98. The molecule has 1 fully saturated rings. The van der Waals surface area contributed by atoms with Gasteiger partial charge in [0, 0.05) is 59.8 Å². The standard InChI is InChI=1S/C21H24ClN5O.C4H4O4/c1-28-13-12-27-10-7-16(8-11-27)21-19(18-6-9-23-14-24-18)20(25-26-21)15-2-4-17(22)5-3-15;5-3(6)1-2-4(7)8/h2-6,9,14,16H,7-8,10-13H2,1H3,(H,25,26);1-2H,(H,5,6)(H,7,8)/b;2-1+. The fraction of sp³-hybridized carbons (Fsp3) is 0.320. The van der Waals surface area contributed by atoms with Crippen molar-refractivity contribution in [1.29, 1.82) is 0 Å². The van der Waals surface area contributed by atoms with Crippen molar-refractivity contribution in [1.82, 2.24) is 25.1 Å². The van der Waals surface area contributed by atoms with E-state index in [-0.39, 0.29) is 0 Å². The van der Waals surface area contributed by atoms with Gasteiger partial charge >= 0.3 is 11.9 Å². The van der Waals surface area contributed by atoms with Gasteiger partial charge in [-0.3, -0.25) is 5.10 Å². The Bertz CT molecular complexity index is 1140. The van der Waals surface area contributed by atoms with Crippen LogP contribution < -0.4 is 0 Å². The van der Waals surface area contributed by atoms with E-state index in [0.717, 1.165) is 67.3 Å². The van der Waals surface area contributed by atoms with E-state index in [1.165, 1.54) is 0 Å². The predicted octanol–water partition coefficient (Wildman–Crippen LogP) is 3.72. The van der Waals surface area contributed by atoms with E-state index in [1.807, 2.05) is 30.3 Å². The topological polar surface area (TPSA) is 142 Å². The van der Waals surface area contributed by atoms with Crippen LogP contribution in [0.25, 0.3) is 22.5 Å². The molecule has 0 spiro atoms. The Kier molecular flexibility index (Phi) is 10.1. The number of H-pyrrole nitrogens is 1. The number of piperidine rings is 1. The first-order valence-corrected chi connectivity index (χ1v) is 11.7. The number of hydrogen-bond donors (Lipinski definition) is 3. The Morgan fingerprint density at radius 1 is 1.14 bits per heavy atom. The van der Waals surface area contributed by atoms with Crippen molar-refractivity contribution in [2.45, 2.75) is 18.8 Å². The number of aromatic amines is 1. The number of carboxylic acid groups (broad SMARTS) is 2. The molecule has 0 radical (unpaired) electrons. The number of rotatable bonds is 8. The Balaban J connectivity index is 0.000000392. The average Bonchev–Trinajstić information content (AvgIpc) is 3.33. The number of likely N-dealkylation sites (tertiary alicyclic amines) is 1. The number of hydrogen-bond acceptors (Lipinski definition) is 7. The van der Waals surface area contributed by atoms with Gasteiger partial charge in [0.05, 0.1) is 12.3 Å². The second-order valence-corrected chi connectivity index (χ2v) is 8.52. The molecule has 1 aliphatic heterocycles. The number of aliphatic carboxylic acids is 2. The summed E-state index contributed by atoms with van der Waals surface area (Å²) in [5, 5.41) is 24.3. The first-order valence-electron chi connectivity index (χ1n) is 11.3. The number of methoxy groups -OCH3 is 1. The summed E-state index contributed by atoms with van der Waals surface area (Å²) < 4.78 is 5.21. The average molecular weight is 514 g/mol. The number of halogens is 1. The molecule has 0 atom stereocenters. The number of nitrogens with one attached hydrogen (secondary N) is 1. The van der Waals surface area contributed by atoms with Crippen molar-refractivity contribution >= 4 is 23.5 Å². The van der Waals surface area contributed by atoms with Crippen molar-refractivity contribution in [3.05, 3.63) is 65.7 Å². The quantitative estimate of drug-likeness (QED) is 0.384. The van der Waals surface area contributed by atoms with Gasteiger partial charge in [0.1, 0.15) is 12.0 Å². The number of carboxylic acids is 2. The number of aromatic nitrogens is 4. The fourth-order valence-electron chi connectivity index (χ4n) is 3.97. The van der Waals surface area contributed by atoms with Gasteiger partial charge in [0.2, 0.25) is 0 Å². The molecule has 2 aromatic heterocycles. The van der Waals surface area contributed by atoms with E-state index < -0.39 is 11.9 Å². The smallest absolute Gasteiger partial charge is 0.328 e. The first kappa shape index (κ1) is 27.0. The van der Waals surface area contributed by atoms with Crippen LogP contribution in [0.4, 0.5) is 0 Å². The highest BCUT2D eigenvalue weighted by Crippen LogP contribution is 2.39. The van der Waals surface area contributed by atoms with Crippen LogP contribution in [0, 0.1) is 0 Å². The highest BCUT2D eigenvalue weighted by atomic mass is 35.5. The summed E-state index contributed by atoms with van der Waals surface area (Å²) in [6.07, 6.45) is 6.65. The van der Waals surface area contributed by atoms with Gasteiger partial charge in [-0.15, -0.1) is 0 Å². The van der Waals surface area contributed by atoms with Crippen LogP contribution in [0.1, 0.15) is 24.5 Å². The second-order valence-electron chi connectivity index (χ2n) is 8.08. The lowest BCUT2D eigenvalue weighted by Crippen LogP contribution is -2.35. The summed E-state index contributed by atoms with van der Waals surface area (Å²) in [7, 11) is 1.75. The van der Waals surface area contributed by atoms with Gasteiger partial charge in [-0.2, -0.15) is 5.10 Å². The van der Waals surface area contributed by atoms with Crippen LogP contribution in [0.3, 0.4) is 0 Å². The summed E-state index contributed by atoms with van der Waals surface area (Å²) in [6, 6.07) is 9.73. The van der Waals surface area contributed by atoms with E-state index in [1.54, 1.807) is 19.6 Å². The summed E-state index contributed by atoms with van der Waals surface area (Å²) in [6.45, 7) is 3.89. The van der Waals surface area contributed by atoms with Crippen molar-refractivity contribution in [3.63, 3.8) is 0 Å². The minimum Gasteiger partial charge on any atom is -0.478 e. The monoisotopic (exact) mass is 513 g/mol. The predicted molar refractivity (Wildman–Crippen MR) is 135 cm³/mol. The highest BCUT2D eigenvalue weighted by Gasteiger charge is 2.27. The molecule has 1 aromatic carbocycles. The molecule has 3 aromatic rings. The number of carbonyl (C=O) groups is 2. The van der Waals surface area contributed by atoms with E-state index in [2.05, 4.69) is 25.1 Å². The normalized spacial score (nSPS) is 14.4. The van der Waals surface area contributed by atoms with Crippen LogP contribution in [0.5, 0.6) is 0 Å². The van der Waals surface area contributed by atoms with Gasteiger partial charge in [0.25, 0.3) is 0 Å². The molecule has 3 N–H and O–H groups in total. The lowest BCUT2D eigenvalue weighted by Gasteiger charge is -2.31. The molecule has 3 heterocycles. The highest BCUT2D eigenvalue weighted by molar-refractivity contribution is 6.30. The van der Waals surface area contributed by atoms with E-state index in [0.29, 0.717) is 23.1 Å². The lowest BCUT2D eigenvalue weighted by atomic mass is 9.89. The third kappa shape index (κ3) is 7.70. The van der Waals surface area contributed by atoms with Crippen LogP contribution in [-0.4, -0.2) is 80.6 Å². The Morgan fingerprint density at radius 3 is 2.36 bits per heavy atom. The van der Waals surface area contributed by atoms with Crippen LogP contribution in [0.2, 0.25) is 5.02 Å². The van der Waals surface area contributed by atoms with Crippen molar-refractivity contribution in [3.8, 4) is 22.5 Å². The minimum atomic E-state index is -1.26. The van der Waals surface area contributed by atoms with E-state index in [9.17, 15) is 9.59 Å². The van der Waals surface area contributed by atoms with Gasteiger partial charge in [-0.1, -0.05) is 23.7 Å². The molecule has 10 nitrogen and oxygen atoms in total. The fourth-order valence-corrected chi connectivity index (χ4v) is 4.10. The maximum Gasteiger partial charge on any atom is 0.328 e. The molecule has 0 saturated carbocycles. The summed E-state index contributed by atoms with van der Waals surface area (Å²) in [5.74, 6) is -2.09. The molecule has 1 aliphatic rings. The molecule has 11 heteroatoms. The van der Waals surface area contributed by atoms with Crippen molar-refractivity contribution in [2.75, 3.05) is 33.4 Å². The Morgan fingerprint density at radius 2 is 1.81 bits per heavy atom. The third-order valence-electron chi connectivity index (χ3n) is 5.73. The molecular weight excluding hydrogens is 486 g/mol. The van der Waals surface area contributed by atoms with E-state index >= 15 is 0 Å². The number of nitrogens with zero attached hydrogens (tertiary/aromatic N) is 4. The zero-order chi connectivity index (χ0) is 25.9. The molecule has 190 valence electrons. The maximum absolute atomic E-state index is 9.55. The molecule has 1 saturated heterocycles. The summed E-state index contributed by atoms with van der Waals surface area (Å²) >= 11 is 6.07. The molecule has 0 aliphatic carbocycles. The van der Waals surface area contributed by atoms with Crippen LogP contribution in [-0.2, 0) is 14.3 Å². The first-order chi connectivity index (χ1) is 17.4. The maximum atomic E-state index is 9.55. The molecule has 0 bridgehead atoms. The van der Waals surface area contributed by atoms with Gasteiger partial charge in [-0.05, 0) is 44.1 Å². The Hall–Kier alpha value is -3.60. The molecular formula is C25H28ClN5O5. The SMILES string of the molecule is COCCN1CCC(c2[nH]nc(-c3ccc(Cl)cc3)c2-c2ccncn2)CC1.O=C(O)/C=C/C(=O)O. The Labute approximate surface area is 213 Å². The minimum absolute atomic E-state index is 0.428. The number of ether oxygens (including phenoxy) is 1. The largest absolute Gasteiger partial charge is 0.478 e. The number of benzene rings is 1. The summed E-state index contributed by atoms with van der Waals surface area (Å²) in [5.41, 5.74) is 5.06. The van der Waals surface area contributed by atoms with E-state index in [4.69, 9.17) is 26.6 Å².